The maximum Gasteiger partial charge on any atom is 0.132 e. The molecule has 4 nitrogen and oxygen atoms in total. The molecule has 0 saturated carbocycles. The van der Waals surface area contributed by atoms with Crippen molar-refractivity contribution in [3.8, 4) is 0 Å². The fourth-order valence-corrected chi connectivity index (χ4v) is 1.24. The Morgan fingerprint density at radius 1 is 1.64 bits per heavy atom. The minimum absolute atomic E-state index is 0.216. The van der Waals surface area contributed by atoms with Crippen LogP contribution in [-0.4, -0.2) is 31.7 Å². The minimum Gasteiger partial charge on any atom is -0.381 e. The lowest BCUT2D eigenvalue weighted by atomic mass is 10.1. The summed E-state index contributed by atoms with van der Waals surface area (Å²) in [7, 11) is 0. The Morgan fingerprint density at radius 2 is 2.55 bits per heavy atom. The molecule has 2 N–H and O–H groups in total. The average Bonchev–Trinajstić information content (AvgIpc) is 2.50. The second kappa shape index (κ2) is 5.49. The van der Waals surface area contributed by atoms with Gasteiger partial charge in [0.25, 0.3) is 0 Å². The molecular formula is C7H15NO3. The summed E-state index contributed by atoms with van der Waals surface area (Å²) in [5, 5.41) is 10.9. The van der Waals surface area contributed by atoms with Gasteiger partial charge in [-0.25, -0.2) is 4.89 Å². The van der Waals surface area contributed by atoms with Crippen molar-refractivity contribution in [2.24, 2.45) is 5.92 Å². The Morgan fingerprint density at radius 3 is 3.18 bits per heavy atom. The molecule has 0 amide bonds. The van der Waals surface area contributed by atoms with Gasteiger partial charge in [-0.15, -0.1) is 0 Å². The molecule has 1 heterocycles. The standard InChI is InChI=1S/C7H15NO3/c9-11-6-8-3-1-7-2-4-10-5-7/h7-9H,1-6H2. The van der Waals surface area contributed by atoms with Crippen LogP contribution in [0.1, 0.15) is 12.8 Å². The zero-order valence-corrected chi connectivity index (χ0v) is 6.58. The Balaban J connectivity index is 1.86. The second-order valence-corrected chi connectivity index (χ2v) is 2.79. The third-order valence-electron chi connectivity index (χ3n) is 1.92. The van der Waals surface area contributed by atoms with Gasteiger partial charge in [-0.3, -0.25) is 10.6 Å². The molecule has 0 aromatic carbocycles. The van der Waals surface area contributed by atoms with Gasteiger partial charge in [-0.1, -0.05) is 0 Å². The number of rotatable bonds is 5. The molecule has 1 aliphatic heterocycles. The highest BCUT2D eigenvalue weighted by atomic mass is 17.1. The van der Waals surface area contributed by atoms with Crippen LogP contribution in [0.4, 0.5) is 0 Å². The van der Waals surface area contributed by atoms with Crippen molar-refractivity contribution in [1.29, 1.82) is 0 Å². The van der Waals surface area contributed by atoms with Crippen molar-refractivity contribution < 1.29 is 14.9 Å². The summed E-state index contributed by atoms with van der Waals surface area (Å²) < 4.78 is 5.21. The van der Waals surface area contributed by atoms with Gasteiger partial charge in [0, 0.05) is 13.2 Å². The molecular weight excluding hydrogens is 146 g/mol. The third-order valence-corrected chi connectivity index (χ3v) is 1.92. The highest BCUT2D eigenvalue weighted by molar-refractivity contribution is 4.64. The molecule has 1 saturated heterocycles. The topological polar surface area (TPSA) is 50.7 Å². The monoisotopic (exact) mass is 161 g/mol. The number of hydrogen-bond donors (Lipinski definition) is 2. The van der Waals surface area contributed by atoms with Crippen LogP contribution in [0.25, 0.3) is 0 Å². The first kappa shape index (κ1) is 8.93. The molecule has 66 valence electrons. The maximum atomic E-state index is 7.97. The Hall–Kier alpha value is -0.160. The van der Waals surface area contributed by atoms with E-state index >= 15 is 0 Å². The predicted molar refractivity (Wildman–Crippen MR) is 40.1 cm³/mol. The predicted octanol–water partition coefficient (Wildman–Crippen LogP) is 0.450. The third kappa shape index (κ3) is 3.67. The lowest BCUT2D eigenvalue weighted by Gasteiger charge is -2.06. The van der Waals surface area contributed by atoms with Crippen LogP contribution < -0.4 is 5.32 Å². The van der Waals surface area contributed by atoms with Crippen molar-refractivity contribution in [3.05, 3.63) is 0 Å². The summed E-state index contributed by atoms with van der Waals surface area (Å²) in [5.74, 6) is 0.696. The Bertz CT molecular complexity index is 93.7. The minimum atomic E-state index is 0.216. The van der Waals surface area contributed by atoms with Crippen molar-refractivity contribution in [1.82, 2.24) is 5.32 Å². The van der Waals surface area contributed by atoms with Crippen LogP contribution in [0.2, 0.25) is 0 Å². The molecule has 1 unspecified atom stereocenters. The quantitative estimate of drug-likeness (QED) is 0.266. The van der Waals surface area contributed by atoms with E-state index in [2.05, 4.69) is 10.2 Å². The number of hydrogen-bond acceptors (Lipinski definition) is 4. The van der Waals surface area contributed by atoms with E-state index in [0.717, 1.165) is 26.2 Å². The van der Waals surface area contributed by atoms with Gasteiger partial charge in [-0.05, 0) is 25.3 Å². The summed E-state index contributed by atoms with van der Waals surface area (Å²) in [6, 6.07) is 0. The van der Waals surface area contributed by atoms with Crippen molar-refractivity contribution in [2.45, 2.75) is 12.8 Å². The average molecular weight is 161 g/mol. The van der Waals surface area contributed by atoms with E-state index in [1.54, 1.807) is 0 Å². The van der Waals surface area contributed by atoms with Gasteiger partial charge in [0.1, 0.15) is 6.73 Å². The summed E-state index contributed by atoms with van der Waals surface area (Å²) in [6.07, 6.45) is 2.27. The van der Waals surface area contributed by atoms with Crippen molar-refractivity contribution in [2.75, 3.05) is 26.5 Å². The smallest absolute Gasteiger partial charge is 0.132 e. The normalized spacial score (nSPS) is 24.3. The van der Waals surface area contributed by atoms with E-state index in [-0.39, 0.29) is 6.73 Å². The van der Waals surface area contributed by atoms with E-state index in [1.807, 2.05) is 0 Å². The first-order valence-electron chi connectivity index (χ1n) is 3.98. The van der Waals surface area contributed by atoms with E-state index in [4.69, 9.17) is 9.99 Å². The lowest BCUT2D eigenvalue weighted by Crippen LogP contribution is -2.20. The van der Waals surface area contributed by atoms with Gasteiger partial charge in [-0.2, -0.15) is 0 Å². The summed E-state index contributed by atoms with van der Waals surface area (Å²) in [6.45, 7) is 2.89. The molecule has 0 spiro atoms. The fraction of sp³-hybridized carbons (Fsp3) is 1.00. The Kier molecular flexibility index (Phi) is 4.45. The van der Waals surface area contributed by atoms with Crippen LogP contribution >= 0.6 is 0 Å². The highest BCUT2D eigenvalue weighted by Crippen LogP contribution is 2.14. The van der Waals surface area contributed by atoms with Crippen LogP contribution in [0.3, 0.4) is 0 Å². The first-order valence-corrected chi connectivity index (χ1v) is 3.98. The van der Waals surface area contributed by atoms with E-state index in [0.29, 0.717) is 5.92 Å². The molecule has 1 fully saturated rings. The molecule has 0 aromatic rings. The Labute approximate surface area is 66.4 Å². The SMILES string of the molecule is OOCNCCC1CCOC1. The zero-order valence-electron chi connectivity index (χ0n) is 6.58. The van der Waals surface area contributed by atoms with Crippen LogP contribution in [-0.2, 0) is 9.62 Å². The van der Waals surface area contributed by atoms with Crippen molar-refractivity contribution >= 4 is 0 Å². The molecule has 0 bridgehead atoms. The highest BCUT2D eigenvalue weighted by Gasteiger charge is 2.14. The van der Waals surface area contributed by atoms with Gasteiger partial charge in [0.05, 0.1) is 0 Å². The van der Waals surface area contributed by atoms with Gasteiger partial charge >= 0.3 is 0 Å². The van der Waals surface area contributed by atoms with E-state index in [9.17, 15) is 0 Å². The van der Waals surface area contributed by atoms with Crippen LogP contribution in [0, 0.1) is 5.92 Å². The summed E-state index contributed by atoms with van der Waals surface area (Å²) in [5.41, 5.74) is 0. The molecule has 4 heteroatoms. The first-order chi connectivity index (χ1) is 5.43. The van der Waals surface area contributed by atoms with Gasteiger partial charge in [0.2, 0.25) is 0 Å². The molecule has 0 aliphatic carbocycles. The summed E-state index contributed by atoms with van der Waals surface area (Å²) in [4.78, 5) is 3.86. The number of nitrogens with one attached hydrogen (secondary N) is 1. The lowest BCUT2D eigenvalue weighted by molar-refractivity contribution is -0.247. The molecule has 11 heavy (non-hydrogen) atoms. The van der Waals surface area contributed by atoms with Crippen molar-refractivity contribution in [3.63, 3.8) is 0 Å². The fourth-order valence-electron chi connectivity index (χ4n) is 1.24. The molecule has 1 aliphatic rings. The second-order valence-electron chi connectivity index (χ2n) is 2.79. The maximum absolute atomic E-state index is 7.97. The van der Waals surface area contributed by atoms with Crippen LogP contribution in [0.15, 0.2) is 0 Å². The molecule has 1 rings (SSSR count). The zero-order chi connectivity index (χ0) is 7.94. The summed E-state index contributed by atoms with van der Waals surface area (Å²) >= 11 is 0. The molecule has 0 radical (unpaired) electrons. The van der Waals surface area contributed by atoms with E-state index < -0.39 is 0 Å². The van der Waals surface area contributed by atoms with Gasteiger partial charge in [0.15, 0.2) is 0 Å². The van der Waals surface area contributed by atoms with Crippen LogP contribution in [0.5, 0.6) is 0 Å². The van der Waals surface area contributed by atoms with Gasteiger partial charge < -0.3 is 4.74 Å². The van der Waals surface area contributed by atoms with E-state index in [1.165, 1.54) is 6.42 Å². The molecule has 0 aromatic heterocycles. The number of ether oxygens (including phenoxy) is 1. The largest absolute Gasteiger partial charge is 0.381 e. The molecule has 1 atom stereocenters.